The molecule has 0 unspecified atom stereocenters. The molecule has 0 saturated carbocycles. The Morgan fingerprint density at radius 3 is 2.23 bits per heavy atom. The SMILES string of the molecule is CC(C)Oc1ccc(NC(=O)CN(Cc2ccccc2)S(C)(=O)=O)cc1. The highest BCUT2D eigenvalue weighted by molar-refractivity contribution is 7.88. The molecular weight excluding hydrogens is 352 g/mol. The van der Waals surface area contributed by atoms with Gasteiger partial charge in [0.25, 0.3) is 0 Å². The molecule has 2 aromatic carbocycles. The number of carbonyl (C=O) groups is 1. The van der Waals surface area contributed by atoms with Crippen LogP contribution in [0.5, 0.6) is 5.75 Å². The van der Waals surface area contributed by atoms with Gasteiger partial charge in [-0.2, -0.15) is 4.31 Å². The second-order valence-corrected chi connectivity index (χ2v) is 8.24. The van der Waals surface area contributed by atoms with E-state index in [0.29, 0.717) is 11.4 Å². The van der Waals surface area contributed by atoms with E-state index in [9.17, 15) is 13.2 Å². The summed E-state index contributed by atoms with van der Waals surface area (Å²) in [6.07, 6.45) is 1.16. The van der Waals surface area contributed by atoms with E-state index >= 15 is 0 Å². The second kappa shape index (κ2) is 8.82. The lowest BCUT2D eigenvalue weighted by atomic mass is 10.2. The fourth-order valence-electron chi connectivity index (χ4n) is 2.33. The summed E-state index contributed by atoms with van der Waals surface area (Å²) in [6.45, 7) is 3.76. The number of hydrogen-bond acceptors (Lipinski definition) is 4. The number of hydrogen-bond donors (Lipinski definition) is 1. The fraction of sp³-hybridized carbons (Fsp3) is 0.316. The summed E-state index contributed by atoms with van der Waals surface area (Å²) in [5.74, 6) is 0.309. The van der Waals surface area contributed by atoms with Gasteiger partial charge in [-0.1, -0.05) is 30.3 Å². The summed E-state index contributed by atoms with van der Waals surface area (Å²) in [6, 6.07) is 16.1. The summed E-state index contributed by atoms with van der Waals surface area (Å²) in [4.78, 5) is 12.3. The molecule has 0 spiro atoms. The Morgan fingerprint density at radius 2 is 1.69 bits per heavy atom. The van der Waals surface area contributed by atoms with Crippen LogP contribution in [0.3, 0.4) is 0 Å². The van der Waals surface area contributed by atoms with Gasteiger partial charge in [-0.05, 0) is 43.7 Å². The van der Waals surface area contributed by atoms with Crippen LogP contribution in [0.1, 0.15) is 19.4 Å². The number of benzene rings is 2. The van der Waals surface area contributed by atoms with Gasteiger partial charge in [0.15, 0.2) is 0 Å². The third kappa shape index (κ3) is 6.50. The Morgan fingerprint density at radius 1 is 1.08 bits per heavy atom. The van der Waals surface area contributed by atoms with Crippen molar-refractivity contribution in [3.63, 3.8) is 0 Å². The number of rotatable bonds is 8. The number of amides is 1. The van der Waals surface area contributed by atoms with E-state index in [1.165, 1.54) is 0 Å². The molecule has 0 aliphatic rings. The zero-order valence-electron chi connectivity index (χ0n) is 15.2. The molecule has 6 nitrogen and oxygen atoms in total. The van der Waals surface area contributed by atoms with Crippen LogP contribution in [0.15, 0.2) is 54.6 Å². The van der Waals surface area contributed by atoms with Crippen LogP contribution in [0, 0.1) is 0 Å². The first-order chi connectivity index (χ1) is 12.2. The van der Waals surface area contributed by atoms with Gasteiger partial charge in [-0.15, -0.1) is 0 Å². The molecule has 0 aliphatic heterocycles. The molecule has 0 fully saturated rings. The van der Waals surface area contributed by atoms with Crippen LogP contribution >= 0.6 is 0 Å². The molecule has 0 atom stereocenters. The van der Waals surface area contributed by atoms with Gasteiger partial charge < -0.3 is 10.1 Å². The molecule has 0 heterocycles. The molecule has 1 N–H and O–H groups in total. The number of nitrogens with one attached hydrogen (secondary N) is 1. The number of carbonyl (C=O) groups excluding carboxylic acids is 1. The topological polar surface area (TPSA) is 75.7 Å². The molecule has 0 radical (unpaired) electrons. The maximum atomic E-state index is 12.3. The molecule has 26 heavy (non-hydrogen) atoms. The van der Waals surface area contributed by atoms with Gasteiger partial charge in [0.2, 0.25) is 15.9 Å². The van der Waals surface area contributed by atoms with Crippen molar-refractivity contribution in [1.82, 2.24) is 4.31 Å². The molecule has 0 saturated heterocycles. The van der Waals surface area contributed by atoms with Crippen molar-refractivity contribution in [1.29, 1.82) is 0 Å². The minimum Gasteiger partial charge on any atom is -0.491 e. The number of anilines is 1. The first-order valence-corrected chi connectivity index (χ1v) is 10.1. The van der Waals surface area contributed by atoms with Crippen molar-refractivity contribution in [2.75, 3.05) is 18.1 Å². The van der Waals surface area contributed by atoms with Crippen molar-refractivity contribution >= 4 is 21.6 Å². The van der Waals surface area contributed by atoms with Gasteiger partial charge in [0, 0.05) is 12.2 Å². The van der Waals surface area contributed by atoms with Crippen LogP contribution in [0.4, 0.5) is 5.69 Å². The van der Waals surface area contributed by atoms with E-state index in [-0.39, 0.29) is 19.2 Å². The van der Waals surface area contributed by atoms with E-state index in [2.05, 4.69) is 5.32 Å². The normalized spacial score (nSPS) is 11.6. The number of ether oxygens (including phenoxy) is 1. The number of nitrogens with zero attached hydrogens (tertiary/aromatic N) is 1. The summed E-state index contributed by atoms with van der Waals surface area (Å²) < 4.78 is 30.7. The van der Waals surface area contributed by atoms with Crippen LogP contribution < -0.4 is 10.1 Å². The summed E-state index contributed by atoms with van der Waals surface area (Å²) >= 11 is 0. The van der Waals surface area contributed by atoms with Crippen molar-refractivity contribution < 1.29 is 17.9 Å². The molecule has 1 amide bonds. The van der Waals surface area contributed by atoms with E-state index in [1.54, 1.807) is 24.3 Å². The van der Waals surface area contributed by atoms with E-state index in [4.69, 9.17) is 4.74 Å². The van der Waals surface area contributed by atoms with Gasteiger partial charge >= 0.3 is 0 Å². The zero-order chi connectivity index (χ0) is 19.2. The maximum Gasteiger partial charge on any atom is 0.239 e. The predicted octanol–water partition coefficient (Wildman–Crippen LogP) is 2.87. The number of sulfonamides is 1. The van der Waals surface area contributed by atoms with Crippen molar-refractivity contribution in [3.8, 4) is 5.75 Å². The van der Waals surface area contributed by atoms with Gasteiger partial charge in [-0.3, -0.25) is 4.79 Å². The Hall–Kier alpha value is -2.38. The molecule has 0 aliphatic carbocycles. The zero-order valence-corrected chi connectivity index (χ0v) is 16.0. The van der Waals surface area contributed by atoms with E-state index in [0.717, 1.165) is 16.1 Å². The maximum absolute atomic E-state index is 12.3. The Labute approximate surface area is 154 Å². The Balaban J connectivity index is 2.01. The quantitative estimate of drug-likeness (QED) is 0.769. The first kappa shape index (κ1) is 19.9. The van der Waals surface area contributed by atoms with Gasteiger partial charge in [0.1, 0.15) is 5.75 Å². The minimum absolute atomic E-state index is 0.0664. The standard InChI is InChI=1S/C19H24N2O4S/c1-15(2)25-18-11-9-17(10-12-18)20-19(22)14-21(26(3,23)24)13-16-7-5-4-6-8-16/h4-12,15H,13-14H2,1-3H3,(H,20,22). The van der Waals surface area contributed by atoms with Gasteiger partial charge in [-0.25, -0.2) is 8.42 Å². The fourth-order valence-corrected chi connectivity index (χ4v) is 3.06. The van der Waals surface area contributed by atoms with Crippen LogP contribution in [0.25, 0.3) is 0 Å². The first-order valence-electron chi connectivity index (χ1n) is 8.29. The highest BCUT2D eigenvalue weighted by Gasteiger charge is 2.20. The molecule has 7 heteroatoms. The lowest BCUT2D eigenvalue weighted by Gasteiger charge is -2.19. The third-order valence-corrected chi connectivity index (χ3v) is 4.70. The molecule has 0 bridgehead atoms. The molecule has 2 rings (SSSR count). The summed E-state index contributed by atoms with van der Waals surface area (Å²) in [5.41, 5.74) is 1.40. The van der Waals surface area contributed by atoms with Crippen molar-refractivity contribution in [2.45, 2.75) is 26.5 Å². The lowest BCUT2D eigenvalue weighted by Crippen LogP contribution is -2.36. The molecule has 2 aromatic rings. The van der Waals surface area contributed by atoms with Crippen LogP contribution in [-0.2, 0) is 21.4 Å². The largest absolute Gasteiger partial charge is 0.491 e. The molecule has 0 aromatic heterocycles. The summed E-state index contributed by atoms with van der Waals surface area (Å²) in [5, 5.41) is 2.71. The van der Waals surface area contributed by atoms with Crippen molar-refractivity contribution in [2.24, 2.45) is 0 Å². The van der Waals surface area contributed by atoms with Crippen molar-refractivity contribution in [3.05, 3.63) is 60.2 Å². The molecule has 140 valence electrons. The smallest absolute Gasteiger partial charge is 0.239 e. The minimum atomic E-state index is -3.52. The second-order valence-electron chi connectivity index (χ2n) is 6.26. The average Bonchev–Trinajstić information content (AvgIpc) is 2.56. The molecular formula is C19H24N2O4S. The monoisotopic (exact) mass is 376 g/mol. The Kier molecular flexibility index (Phi) is 6.76. The van der Waals surface area contributed by atoms with Crippen LogP contribution in [0.2, 0.25) is 0 Å². The van der Waals surface area contributed by atoms with Crippen LogP contribution in [-0.4, -0.2) is 37.5 Å². The highest BCUT2D eigenvalue weighted by atomic mass is 32.2. The van der Waals surface area contributed by atoms with E-state index in [1.807, 2.05) is 44.2 Å². The Bertz CT molecular complexity index is 818. The predicted molar refractivity (Wildman–Crippen MR) is 103 cm³/mol. The van der Waals surface area contributed by atoms with E-state index < -0.39 is 15.9 Å². The lowest BCUT2D eigenvalue weighted by molar-refractivity contribution is -0.116. The highest BCUT2D eigenvalue weighted by Crippen LogP contribution is 2.17. The van der Waals surface area contributed by atoms with Gasteiger partial charge in [0.05, 0.1) is 18.9 Å². The third-order valence-electron chi connectivity index (χ3n) is 3.50. The average molecular weight is 376 g/mol. The summed E-state index contributed by atoms with van der Waals surface area (Å²) in [7, 11) is -3.52.